The lowest BCUT2D eigenvalue weighted by Gasteiger charge is -2.31. The van der Waals surface area contributed by atoms with Crippen LogP contribution < -0.4 is 5.73 Å². The number of benzene rings is 1. The molecule has 1 aromatic heterocycles. The summed E-state index contributed by atoms with van der Waals surface area (Å²) in [5, 5.41) is 10.9. The van der Waals surface area contributed by atoms with Gasteiger partial charge in [-0.3, -0.25) is 9.59 Å². The standard InChI is InChI=1S/C29H43N3O5/c1-18-7-6-11-29(5)24(37-29)16-23(20-8-9-22-21(15-20)31-17-32(22)14-13-30)36-25(33)10-12-28(3,4)27(35)19(2)26(18)34/h8-9,15,17-19,23-24,26,34H,6-7,10-14,16,30H2,1-5H3/t18-,19+,23?,24?,26?,29+/m0/s1. The molecule has 0 bridgehead atoms. The molecule has 8 heteroatoms. The quantitative estimate of drug-likeness (QED) is 0.463. The van der Waals surface area contributed by atoms with E-state index in [2.05, 4.69) is 11.9 Å². The van der Waals surface area contributed by atoms with E-state index < -0.39 is 23.5 Å². The van der Waals surface area contributed by atoms with Crippen molar-refractivity contribution in [2.24, 2.45) is 23.0 Å². The summed E-state index contributed by atoms with van der Waals surface area (Å²) in [7, 11) is 0. The number of ketones is 1. The molecule has 3 N–H and O–H groups in total. The normalized spacial score (nSPS) is 33.6. The van der Waals surface area contributed by atoms with Crippen LogP contribution in [0.5, 0.6) is 0 Å². The zero-order chi connectivity index (χ0) is 27.0. The lowest BCUT2D eigenvalue weighted by molar-refractivity contribution is -0.151. The third-order valence-electron chi connectivity index (χ3n) is 8.59. The van der Waals surface area contributed by atoms with Gasteiger partial charge in [-0.05, 0) is 49.8 Å². The highest BCUT2D eigenvalue weighted by Gasteiger charge is 2.52. The summed E-state index contributed by atoms with van der Waals surface area (Å²) in [6.07, 6.45) is 4.23. The number of aromatic nitrogens is 2. The number of rotatable bonds is 3. The molecule has 0 saturated carbocycles. The van der Waals surface area contributed by atoms with Crippen LogP contribution in [0, 0.1) is 17.3 Å². The van der Waals surface area contributed by atoms with Gasteiger partial charge >= 0.3 is 5.97 Å². The highest BCUT2D eigenvalue weighted by Crippen LogP contribution is 2.46. The molecule has 37 heavy (non-hydrogen) atoms. The highest BCUT2D eigenvalue weighted by molar-refractivity contribution is 5.87. The lowest BCUT2D eigenvalue weighted by Crippen LogP contribution is -2.39. The number of hydrogen-bond acceptors (Lipinski definition) is 7. The van der Waals surface area contributed by atoms with E-state index in [0.29, 0.717) is 25.9 Å². The zero-order valence-corrected chi connectivity index (χ0v) is 22.9. The Morgan fingerprint density at radius 2 is 1.95 bits per heavy atom. The van der Waals surface area contributed by atoms with Gasteiger partial charge in [0.15, 0.2) is 0 Å². The summed E-state index contributed by atoms with van der Waals surface area (Å²) in [5.74, 6) is -0.838. The summed E-state index contributed by atoms with van der Waals surface area (Å²) in [5.41, 5.74) is 7.43. The molecule has 8 nitrogen and oxygen atoms in total. The van der Waals surface area contributed by atoms with Crippen LogP contribution in [0.1, 0.15) is 84.8 Å². The molecule has 0 radical (unpaired) electrons. The van der Waals surface area contributed by atoms with Crippen LogP contribution in [0.15, 0.2) is 24.5 Å². The number of Topliss-reactive ketones (excluding diaryl/α,β-unsaturated/α-hetero) is 1. The zero-order valence-electron chi connectivity index (χ0n) is 22.9. The van der Waals surface area contributed by atoms with E-state index in [1.165, 1.54) is 0 Å². The first kappa shape index (κ1) is 27.7. The molecular weight excluding hydrogens is 470 g/mol. The largest absolute Gasteiger partial charge is 0.457 e. The van der Waals surface area contributed by atoms with Crippen molar-refractivity contribution in [2.75, 3.05) is 6.54 Å². The Bertz CT molecular complexity index is 1130. The first-order valence-corrected chi connectivity index (χ1v) is 13.7. The van der Waals surface area contributed by atoms with Gasteiger partial charge in [-0.2, -0.15) is 0 Å². The number of aliphatic hydroxyl groups is 1. The van der Waals surface area contributed by atoms with Crippen molar-refractivity contribution >= 4 is 22.8 Å². The van der Waals surface area contributed by atoms with E-state index in [0.717, 1.165) is 35.9 Å². The molecular formula is C29H43N3O5. The predicted molar refractivity (Wildman–Crippen MR) is 142 cm³/mol. The lowest BCUT2D eigenvalue weighted by atomic mass is 9.74. The van der Waals surface area contributed by atoms with Crippen LogP contribution >= 0.6 is 0 Å². The second-order valence-corrected chi connectivity index (χ2v) is 12.0. The number of fused-ring (bicyclic) bond motifs is 2. The second kappa shape index (κ2) is 10.8. The Labute approximate surface area is 219 Å². The summed E-state index contributed by atoms with van der Waals surface area (Å²) < 4.78 is 14.2. The average molecular weight is 514 g/mol. The van der Waals surface area contributed by atoms with Crippen molar-refractivity contribution in [3.05, 3.63) is 30.1 Å². The number of esters is 1. The van der Waals surface area contributed by atoms with Gasteiger partial charge in [-0.1, -0.05) is 40.2 Å². The molecule has 4 rings (SSSR count). The number of ether oxygens (including phenoxy) is 2. The van der Waals surface area contributed by atoms with Crippen molar-refractivity contribution in [3.63, 3.8) is 0 Å². The van der Waals surface area contributed by atoms with Crippen molar-refractivity contribution in [3.8, 4) is 0 Å². The van der Waals surface area contributed by atoms with E-state index in [1.807, 2.05) is 43.5 Å². The molecule has 2 aromatic rings. The van der Waals surface area contributed by atoms with Crippen molar-refractivity contribution in [1.82, 2.24) is 9.55 Å². The molecule has 6 atom stereocenters. The molecule has 204 valence electrons. The van der Waals surface area contributed by atoms with Gasteiger partial charge in [-0.15, -0.1) is 0 Å². The van der Waals surface area contributed by atoms with Crippen LogP contribution in [-0.4, -0.2) is 50.8 Å². The minimum absolute atomic E-state index is 0.00646. The average Bonchev–Trinajstić information content (AvgIpc) is 3.32. The first-order valence-electron chi connectivity index (χ1n) is 13.7. The molecule has 1 aromatic carbocycles. The second-order valence-electron chi connectivity index (χ2n) is 12.0. The predicted octanol–water partition coefficient (Wildman–Crippen LogP) is 4.32. The summed E-state index contributed by atoms with van der Waals surface area (Å²) in [4.78, 5) is 30.8. The maximum absolute atomic E-state index is 13.2. The van der Waals surface area contributed by atoms with E-state index >= 15 is 0 Å². The number of imidazole rings is 1. The minimum Gasteiger partial charge on any atom is -0.457 e. The number of carbonyl (C=O) groups excluding carboxylic acids is 2. The minimum atomic E-state index is -0.737. The van der Waals surface area contributed by atoms with Crippen LogP contribution in [0.2, 0.25) is 0 Å². The summed E-state index contributed by atoms with van der Waals surface area (Å²) >= 11 is 0. The molecule has 2 saturated heterocycles. The topological polar surface area (TPSA) is 120 Å². The van der Waals surface area contributed by atoms with Crippen LogP contribution in [0.25, 0.3) is 11.0 Å². The molecule has 0 amide bonds. The first-order chi connectivity index (χ1) is 17.4. The number of nitrogens with zero attached hydrogens (tertiary/aromatic N) is 2. The summed E-state index contributed by atoms with van der Waals surface area (Å²) in [6.45, 7) is 10.8. The van der Waals surface area contributed by atoms with Crippen LogP contribution in [-0.2, 0) is 25.6 Å². The Kier molecular flexibility index (Phi) is 8.12. The summed E-state index contributed by atoms with van der Waals surface area (Å²) in [6, 6.07) is 5.98. The van der Waals surface area contributed by atoms with E-state index in [9.17, 15) is 14.7 Å². The number of carbonyl (C=O) groups is 2. The van der Waals surface area contributed by atoms with Crippen LogP contribution in [0.4, 0.5) is 0 Å². The number of hydrogen-bond donors (Lipinski definition) is 2. The van der Waals surface area contributed by atoms with Gasteiger partial charge < -0.3 is 24.9 Å². The Morgan fingerprint density at radius 1 is 1.19 bits per heavy atom. The number of nitrogens with two attached hydrogens (primary N) is 1. The Balaban J connectivity index is 1.58. The number of cyclic esters (lactones) is 1. The van der Waals surface area contributed by atoms with Crippen LogP contribution in [0.3, 0.4) is 0 Å². The third kappa shape index (κ3) is 6.07. The number of aliphatic hydroxyl groups excluding tert-OH is 1. The monoisotopic (exact) mass is 513 g/mol. The fourth-order valence-electron chi connectivity index (χ4n) is 5.82. The fraction of sp³-hybridized carbons (Fsp3) is 0.690. The molecule has 2 aliphatic rings. The van der Waals surface area contributed by atoms with Gasteiger partial charge in [0.2, 0.25) is 0 Å². The SMILES string of the molecule is C[C@H]1CCC[C@@]2(C)OC2CC(c2ccc3c(c2)ncn3CCN)OC(=O)CCC(C)(C)C(=O)[C@H](C)C1O. The molecule has 0 aliphatic carbocycles. The van der Waals surface area contributed by atoms with E-state index in [-0.39, 0.29) is 35.8 Å². The molecule has 2 aliphatic heterocycles. The maximum Gasteiger partial charge on any atom is 0.306 e. The van der Waals surface area contributed by atoms with Gasteiger partial charge in [0.1, 0.15) is 11.9 Å². The highest BCUT2D eigenvalue weighted by atomic mass is 16.6. The van der Waals surface area contributed by atoms with Crippen molar-refractivity contribution < 1.29 is 24.2 Å². The Hall–Kier alpha value is -2.29. The van der Waals surface area contributed by atoms with E-state index in [1.54, 1.807) is 13.3 Å². The molecule has 3 unspecified atom stereocenters. The smallest absolute Gasteiger partial charge is 0.306 e. The van der Waals surface area contributed by atoms with Gasteiger partial charge in [0.25, 0.3) is 0 Å². The van der Waals surface area contributed by atoms with Gasteiger partial charge in [0, 0.05) is 37.3 Å². The Morgan fingerprint density at radius 3 is 2.68 bits per heavy atom. The molecule has 0 spiro atoms. The van der Waals surface area contributed by atoms with Crippen molar-refractivity contribution in [2.45, 2.75) is 104 Å². The fourth-order valence-corrected chi connectivity index (χ4v) is 5.82. The molecule has 2 fully saturated rings. The van der Waals surface area contributed by atoms with E-state index in [4.69, 9.17) is 15.2 Å². The maximum atomic E-state index is 13.2. The molecule has 3 heterocycles. The van der Waals surface area contributed by atoms with Gasteiger partial charge in [0.05, 0.1) is 35.2 Å². The third-order valence-corrected chi connectivity index (χ3v) is 8.59. The van der Waals surface area contributed by atoms with Gasteiger partial charge in [-0.25, -0.2) is 4.98 Å². The number of epoxide rings is 1. The van der Waals surface area contributed by atoms with Crippen molar-refractivity contribution in [1.29, 1.82) is 0 Å².